The van der Waals surface area contributed by atoms with Gasteiger partial charge in [-0.3, -0.25) is 14.2 Å². The first-order valence-corrected chi connectivity index (χ1v) is 11.2. The minimum atomic E-state index is -0.233. The van der Waals surface area contributed by atoms with Crippen LogP contribution in [0.3, 0.4) is 0 Å². The topological polar surface area (TPSA) is 94.7 Å². The van der Waals surface area contributed by atoms with E-state index in [4.69, 9.17) is 11.6 Å². The third-order valence-corrected chi connectivity index (χ3v) is 6.85. The molecule has 0 spiro atoms. The second kappa shape index (κ2) is 8.24. The van der Waals surface area contributed by atoms with Gasteiger partial charge in [0.15, 0.2) is 0 Å². The number of aryl methyl sites for hydroxylation is 3. The fraction of sp³-hybridized carbons (Fsp3) is 0.286. The van der Waals surface area contributed by atoms with Crippen LogP contribution in [0.4, 0.5) is 5.69 Å². The Morgan fingerprint density at radius 1 is 1.23 bits per heavy atom. The maximum atomic E-state index is 13.0. The smallest absolute Gasteiger partial charge is 0.262 e. The van der Waals surface area contributed by atoms with Crippen molar-refractivity contribution in [1.29, 1.82) is 0 Å². The van der Waals surface area contributed by atoms with Crippen LogP contribution >= 0.6 is 22.9 Å². The molecule has 31 heavy (non-hydrogen) atoms. The highest BCUT2D eigenvalue weighted by Crippen LogP contribution is 2.33. The molecule has 0 atom stereocenters. The highest BCUT2D eigenvalue weighted by Gasteiger charge is 2.20. The predicted octanol–water partition coefficient (Wildman–Crippen LogP) is 3.60. The van der Waals surface area contributed by atoms with Crippen LogP contribution in [0.1, 0.15) is 29.7 Å². The number of anilines is 1. The zero-order chi connectivity index (χ0) is 21.4. The molecule has 5 rings (SSSR count). The third-order valence-electron chi connectivity index (χ3n) is 5.42. The van der Waals surface area contributed by atoms with Gasteiger partial charge < -0.3 is 5.32 Å². The Hall–Kier alpha value is -3.04. The quantitative estimate of drug-likeness (QED) is 0.497. The molecule has 1 N–H and O–H groups in total. The Kier molecular flexibility index (Phi) is 5.29. The molecule has 0 bridgehead atoms. The maximum Gasteiger partial charge on any atom is 0.262 e. The summed E-state index contributed by atoms with van der Waals surface area (Å²) in [7, 11) is 0. The van der Waals surface area contributed by atoms with E-state index in [-0.39, 0.29) is 24.4 Å². The van der Waals surface area contributed by atoms with Crippen LogP contribution < -0.4 is 10.9 Å². The molecule has 8 nitrogen and oxygen atoms in total. The summed E-state index contributed by atoms with van der Waals surface area (Å²) in [5, 5.41) is 8.19. The molecule has 3 aromatic heterocycles. The van der Waals surface area contributed by atoms with E-state index in [1.54, 1.807) is 46.9 Å². The van der Waals surface area contributed by atoms with E-state index < -0.39 is 0 Å². The van der Waals surface area contributed by atoms with Crippen LogP contribution in [-0.2, 0) is 24.2 Å². The van der Waals surface area contributed by atoms with Gasteiger partial charge in [-0.15, -0.1) is 11.3 Å². The van der Waals surface area contributed by atoms with Crippen molar-refractivity contribution in [1.82, 2.24) is 24.3 Å². The van der Waals surface area contributed by atoms with Gasteiger partial charge in [0.1, 0.15) is 17.5 Å². The molecule has 3 heterocycles. The van der Waals surface area contributed by atoms with Crippen molar-refractivity contribution >= 4 is 44.7 Å². The number of carbonyl (C=O) groups excluding carboxylic acids is 1. The van der Waals surface area contributed by atoms with E-state index in [0.29, 0.717) is 16.4 Å². The standard InChI is InChI=1S/C21H19ClN6O2S/c22-13-5-6-16(28-11-23-10-25-28)15(9-13)26-18(29)7-8-27-12-24-20-19(21(27)30)14-3-1-2-4-17(14)31-20/h5-6,9-12H,1-4,7-8H2,(H,26,29). The van der Waals surface area contributed by atoms with E-state index in [9.17, 15) is 9.59 Å². The van der Waals surface area contributed by atoms with Crippen molar-refractivity contribution in [2.75, 3.05) is 5.32 Å². The summed E-state index contributed by atoms with van der Waals surface area (Å²) >= 11 is 7.73. The Labute approximate surface area is 186 Å². The minimum absolute atomic E-state index is 0.0664. The van der Waals surface area contributed by atoms with Crippen molar-refractivity contribution < 1.29 is 4.79 Å². The lowest BCUT2D eigenvalue weighted by atomic mass is 9.97. The highest BCUT2D eigenvalue weighted by molar-refractivity contribution is 7.18. The lowest BCUT2D eigenvalue weighted by molar-refractivity contribution is -0.116. The normalized spacial score (nSPS) is 13.3. The number of benzene rings is 1. The molecule has 158 valence electrons. The second-order valence-electron chi connectivity index (χ2n) is 7.43. The number of fused-ring (bicyclic) bond motifs is 3. The maximum absolute atomic E-state index is 13.0. The molecule has 0 unspecified atom stereocenters. The van der Waals surface area contributed by atoms with Crippen LogP contribution in [0.2, 0.25) is 5.02 Å². The lowest BCUT2D eigenvalue weighted by Crippen LogP contribution is -2.24. The summed E-state index contributed by atoms with van der Waals surface area (Å²) in [4.78, 5) is 36.2. The van der Waals surface area contributed by atoms with E-state index in [1.165, 1.54) is 15.8 Å². The van der Waals surface area contributed by atoms with Crippen molar-refractivity contribution in [3.63, 3.8) is 0 Å². The first-order chi connectivity index (χ1) is 15.1. The first kappa shape index (κ1) is 19.9. The van der Waals surface area contributed by atoms with Crippen molar-refractivity contribution in [2.45, 2.75) is 38.6 Å². The van der Waals surface area contributed by atoms with E-state index in [1.807, 2.05) is 0 Å². The number of amides is 1. The summed E-state index contributed by atoms with van der Waals surface area (Å²) in [5.41, 5.74) is 2.26. The third kappa shape index (κ3) is 3.86. The van der Waals surface area contributed by atoms with Gasteiger partial charge in [0.05, 0.1) is 23.1 Å². The number of thiophene rings is 1. The van der Waals surface area contributed by atoms with Gasteiger partial charge in [0, 0.05) is 22.9 Å². The minimum Gasteiger partial charge on any atom is -0.324 e. The fourth-order valence-electron chi connectivity index (χ4n) is 3.92. The predicted molar refractivity (Wildman–Crippen MR) is 120 cm³/mol. The Morgan fingerprint density at radius 3 is 2.94 bits per heavy atom. The molecule has 1 aliphatic rings. The molecule has 1 aromatic carbocycles. The molecule has 0 aliphatic heterocycles. The van der Waals surface area contributed by atoms with Gasteiger partial charge in [0.25, 0.3) is 5.56 Å². The zero-order valence-corrected chi connectivity index (χ0v) is 18.1. The number of nitrogens with one attached hydrogen (secondary N) is 1. The molecule has 0 radical (unpaired) electrons. The van der Waals surface area contributed by atoms with E-state index >= 15 is 0 Å². The number of hydrogen-bond donors (Lipinski definition) is 1. The summed E-state index contributed by atoms with van der Waals surface area (Å²) < 4.78 is 3.08. The van der Waals surface area contributed by atoms with Crippen LogP contribution in [0.15, 0.2) is 42.0 Å². The zero-order valence-electron chi connectivity index (χ0n) is 16.5. The van der Waals surface area contributed by atoms with E-state index in [2.05, 4.69) is 20.4 Å². The molecule has 0 saturated carbocycles. The first-order valence-electron chi connectivity index (χ1n) is 10.0. The lowest BCUT2D eigenvalue weighted by Gasteiger charge is -2.12. The summed E-state index contributed by atoms with van der Waals surface area (Å²) in [6.07, 6.45) is 8.84. The van der Waals surface area contributed by atoms with Gasteiger partial charge in [-0.25, -0.2) is 14.6 Å². The van der Waals surface area contributed by atoms with Crippen molar-refractivity contribution in [3.05, 3.63) is 63.0 Å². The van der Waals surface area contributed by atoms with Gasteiger partial charge in [-0.2, -0.15) is 5.10 Å². The van der Waals surface area contributed by atoms with Gasteiger partial charge in [-0.1, -0.05) is 11.6 Å². The fourth-order valence-corrected chi connectivity index (χ4v) is 5.31. The Morgan fingerprint density at radius 2 is 2.10 bits per heavy atom. The Bertz CT molecular complexity index is 1330. The van der Waals surface area contributed by atoms with Gasteiger partial charge >= 0.3 is 0 Å². The summed E-state index contributed by atoms with van der Waals surface area (Å²) in [5.74, 6) is -0.233. The molecular formula is C21H19ClN6O2S. The number of carbonyl (C=O) groups is 1. The molecular weight excluding hydrogens is 436 g/mol. The van der Waals surface area contributed by atoms with Crippen LogP contribution in [0, 0.1) is 0 Å². The molecule has 4 aromatic rings. The SMILES string of the molecule is O=C(CCn1cnc2sc3c(c2c1=O)CCCC3)Nc1cc(Cl)ccc1-n1cncn1. The molecule has 1 amide bonds. The second-order valence-corrected chi connectivity index (χ2v) is 8.95. The molecule has 10 heteroatoms. The molecule has 1 aliphatic carbocycles. The summed E-state index contributed by atoms with van der Waals surface area (Å²) in [6.45, 7) is 0.247. The van der Waals surface area contributed by atoms with E-state index in [0.717, 1.165) is 41.5 Å². The van der Waals surface area contributed by atoms with Crippen molar-refractivity contribution in [3.8, 4) is 5.69 Å². The summed E-state index contributed by atoms with van der Waals surface area (Å²) in [6, 6.07) is 5.14. The number of halogens is 1. The van der Waals surface area contributed by atoms with Crippen molar-refractivity contribution in [2.24, 2.45) is 0 Å². The largest absolute Gasteiger partial charge is 0.324 e. The van der Waals surface area contributed by atoms with Crippen LogP contribution in [0.25, 0.3) is 15.9 Å². The molecule has 0 fully saturated rings. The average Bonchev–Trinajstić information content (AvgIpc) is 3.41. The van der Waals surface area contributed by atoms with Crippen LogP contribution in [-0.4, -0.2) is 30.2 Å². The monoisotopic (exact) mass is 454 g/mol. The number of rotatable bonds is 5. The average molecular weight is 455 g/mol. The number of nitrogens with zero attached hydrogens (tertiary/aromatic N) is 5. The number of aromatic nitrogens is 5. The van der Waals surface area contributed by atoms with Crippen LogP contribution in [0.5, 0.6) is 0 Å². The highest BCUT2D eigenvalue weighted by atomic mass is 35.5. The number of hydrogen-bond acceptors (Lipinski definition) is 6. The van der Waals surface area contributed by atoms with Gasteiger partial charge in [-0.05, 0) is 49.4 Å². The Balaban J connectivity index is 1.35. The van der Waals surface area contributed by atoms with Gasteiger partial charge in [0.2, 0.25) is 5.91 Å². The molecule has 0 saturated heterocycles.